The summed E-state index contributed by atoms with van der Waals surface area (Å²) in [6, 6.07) is 8.08. The number of hydrogen-bond donors (Lipinski definition) is 2. The zero-order chi connectivity index (χ0) is 16.1. The summed E-state index contributed by atoms with van der Waals surface area (Å²) in [6.07, 6.45) is -0.778. The summed E-state index contributed by atoms with van der Waals surface area (Å²) < 4.78 is 5.28. The summed E-state index contributed by atoms with van der Waals surface area (Å²) in [4.78, 5) is 25.9. The van der Waals surface area contributed by atoms with Crippen molar-refractivity contribution in [2.45, 2.75) is 6.42 Å². The Morgan fingerprint density at radius 3 is 2.27 bits per heavy atom. The first-order valence-electron chi connectivity index (χ1n) is 6.15. The van der Waals surface area contributed by atoms with Crippen molar-refractivity contribution in [3.63, 3.8) is 0 Å². The van der Waals surface area contributed by atoms with E-state index in [0.717, 1.165) is 17.7 Å². The molecule has 0 fully saturated rings. The van der Waals surface area contributed by atoms with Gasteiger partial charge in [0.2, 0.25) is 11.8 Å². The zero-order valence-corrected chi connectivity index (χ0v) is 11.2. The summed E-state index contributed by atoms with van der Waals surface area (Å²) in [5.74, 6) is -0.908. The molecule has 0 radical (unpaired) electrons. The number of rotatable bonds is 5. The highest BCUT2D eigenvalue weighted by molar-refractivity contribution is 5.60. The second-order valence-corrected chi connectivity index (χ2v) is 4.21. The topological polar surface area (TPSA) is 124 Å². The third kappa shape index (κ3) is 3.66. The number of nitrogens with zero attached hydrogens (tertiary/aromatic N) is 2. The molecule has 9 nitrogen and oxygen atoms in total. The molecule has 0 amide bonds. The van der Waals surface area contributed by atoms with Crippen LogP contribution in [0.25, 0.3) is 0 Å². The van der Waals surface area contributed by atoms with Crippen molar-refractivity contribution in [2.75, 3.05) is 6.61 Å². The average Bonchev–Trinajstić information content (AvgIpc) is 2.79. The van der Waals surface area contributed by atoms with E-state index in [0.29, 0.717) is 11.2 Å². The van der Waals surface area contributed by atoms with Crippen molar-refractivity contribution >= 4 is 11.8 Å². The van der Waals surface area contributed by atoms with Crippen LogP contribution in [0.5, 0.6) is 11.8 Å². The third-order valence-electron chi connectivity index (χ3n) is 2.72. The molecule has 1 aromatic heterocycles. The molecule has 0 aliphatic carbocycles. The fourth-order valence-corrected chi connectivity index (χ4v) is 1.63. The van der Waals surface area contributed by atoms with E-state index in [-0.39, 0.29) is 12.3 Å². The number of nitro benzene ring substituents is 1. The van der Waals surface area contributed by atoms with Gasteiger partial charge in [0.05, 0.1) is 11.5 Å². The van der Waals surface area contributed by atoms with Gasteiger partial charge in [0.15, 0.2) is 0 Å². The van der Waals surface area contributed by atoms with Gasteiger partial charge in [0.25, 0.3) is 5.69 Å². The van der Waals surface area contributed by atoms with Crippen LogP contribution in [-0.2, 0) is 11.2 Å². The van der Waals surface area contributed by atoms with Crippen LogP contribution in [0.3, 0.4) is 0 Å². The number of non-ortho nitro benzene ring substituents is 1. The molecule has 2 rings (SSSR count). The van der Waals surface area contributed by atoms with Gasteiger partial charge >= 0.3 is 6.16 Å². The van der Waals surface area contributed by atoms with E-state index in [1.54, 1.807) is 12.1 Å². The van der Waals surface area contributed by atoms with Crippen LogP contribution >= 0.6 is 0 Å². The largest absolute Gasteiger partial charge is 0.533 e. The van der Waals surface area contributed by atoms with Crippen molar-refractivity contribution < 1.29 is 29.5 Å². The number of nitro groups is 1. The van der Waals surface area contributed by atoms with Crippen LogP contribution in [0.4, 0.5) is 10.5 Å². The first kappa shape index (κ1) is 15.2. The van der Waals surface area contributed by atoms with Crippen molar-refractivity contribution in [1.82, 2.24) is 4.73 Å². The zero-order valence-electron chi connectivity index (χ0n) is 11.2. The van der Waals surface area contributed by atoms with E-state index in [1.807, 2.05) is 0 Å². The molecule has 0 bridgehead atoms. The monoisotopic (exact) mass is 308 g/mol. The number of aromatic nitrogens is 1. The number of aromatic hydroxyl groups is 2. The Balaban J connectivity index is 1.81. The van der Waals surface area contributed by atoms with E-state index < -0.39 is 22.8 Å². The molecule has 1 heterocycles. The Bertz CT molecular complexity index is 659. The first-order chi connectivity index (χ1) is 10.5. The molecule has 0 aliphatic heterocycles. The van der Waals surface area contributed by atoms with E-state index in [2.05, 4.69) is 4.84 Å². The van der Waals surface area contributed by atoms with Gasteiger partial charge in [-0.2, -0.15) is 0 Å². The van der Waals surface area contributed by atoms with Crippen molar-refractivity contribution in [2.24, 2.45) is 0 Å². The molecule has 0 unspecified atom stereocenters. The Labute approximate surface area is 124 Å². The maximum atomic E-state index is 11.4. The smallest absolute Gasteiger partial charge is 0.492 e. The normalized spacial score (nSPS) is 10.2. The Kier molecular flexibility index (Phi) is 4.47. The quantitative estimate of drug-likeness (QED) is 0.488. The van der Waals surface area contributed by atoms with Crippen molar-refractivity contribution in [3.8, 4) is 11.8 Å². The van der Waals surface area contributed by atoms with Gasteiger partial charge in [-0.3, -0.25) is 15.0 Å². The molecule has 0 saturated carbocycles. The van der Waals surface area contributed by atoms with Crippen molar-refractivity contribution in [1.29, 1.82) is 0 Å². The molecule has 0 spiro atoms. The molecule has 116 valence electrons. The minimum absolute atomic E-state index is 0.0253. The Morgan fingerprint density at radius 2 is 1.73 bits per heavy atom. The molecule has 2 aromatic rings. The third-order valence-corrected chi connectivity index (χ3v) is 2.72. The van der Waals surface area contributed by atoms with E-state index in [4.69, 9.17) is 4.74 Å². The molecular formula is C13H12N2O7. The SMILES string of the molecule is O=C(OCCc1ccc([N+](=O)[O-])cc1)On1c(O)ccc1O. The second kappa shape index (κ2) is 6.48. The van der Waals surface area contributed by atoms with Crippen LogP contribution in [0.15, 0.2) is 36.4 Å². The number of carbonyl (C=O) groups excluding carboxylic acids is 1. The molecule has 0 aliphatic rings. The Hall–Kier alpha value is -3.23. The predicted molar refractivity (Wildman–Crippen MR) is 72.5 cm³/mol. The predicted octanol–water partition coefficient (Wildman–Crippen LogP) is 1.62. The summed E-state index contributed by atoms with van der Waals surface area (Å²) in [5.41, 5.74) is 0.715. The average molecular weight is 308 g/mol. The Morgan fingerprint density at radius 1 is 1.14 bits per heavy atom. The lowest BCUT2D eigenvalue weighted by atomic mass is 10.1. The highest BCUT2D eigenvalue weighted by atomic mass is 16.8. The molecule has 22 heavy (non-hydrogen) atoms. The first-order valence-corrected chi connectivity index (χ1v) is 6.15. The van der Waals surface area contributed by atoms with Crippen LogP contribution in [0.1, 0.15) is 5.56 Å². The highest BCUT2D eigenvalue weighted by Gasteiger charge is 2.13. The number of carbonyl (C=O) groups is 1. The lowest BCUT2D eigenvalue weighted by Crippen LogP contribution is -2.21. The summed E-state index contributed by atoms with van der Waals surface area (Å²) in [6.45, 7) is -0.0283. The van der Waals surface area contributed by atoms with Gasteiger partial charge in [-0.1, -0.05) is 12.1 Å². The fourth-order valence-electron chi connectivity index (χ4n) is 1.63. The van der Waals surface area contributed by atoms with Gasteiger partial charge in [-0.05, 0) is 5.56 Å². The van der Waals surface area contributed by atoms with E-state index in [9.17, 15) is 25.1 Å². The standard InChI is InChI=1S/C13H12N2O7/c16-11-5-6-12(17)14(11)22-13(18)21-8-7-9-1-3-10(4-2-9)15(19)20/h1-6,16-17H,7-8H2. The van der Waals surface area contributed by atoms with Gasteiger partial charge < -0.3 is 14.9 Å². The maximum absolute atomic E-state index is 11.4. The van der Waals surface area contributed by atoms with Crippen molar-refractivity contribution in [3.05, 3.63) is 52.1 Å². The van der Waals surface area contributed by atoms with Gasteiger partial charge in [-0.15, -0.1) is 4.73 Å². The van der Waals surface area contributed by atoms with Crippen LogP contribution < -0.4 is 4.84 Å². The van der Waals surface area contributed by atoms with Gasteiger partial charge in [0, 0.05) is 30.7 Å². The lowest BCUT2D eigenvalue weighted by molar-refractivity contribution is -0.384. The molecule has 9 heteroatoms. The minimum Gasteiger partial charge on any atom is -0.492 e. The van der Waals surface area contributed by atoms with Gasteiger partial charge in [-0.25, -0.2) is 4.79 Å². The fraction of sp³-hybridized carbons (Fsp3) is 0.154. The lowest BCUT2D eigenvalue weighted by Gasteiger charge is -2.07. The number of hydrogen-bond acceptors (Lipinski definition) is 7. The maximum Gasteiger partial charge on any atom is 0.533 e. The van der Waals surface area contributed by atoms with Crippen LogP contribution in [0, 0.1) is 10.1 Å². The van der Waals surface area contributed by atoms with E-state index >= 15 is 0 Å². The number of benzene rings is 1. The minimum atomic E-state index is -1.11. The second-order valence-electron chi connectivity index (χ2n) is 4.21. The van der Waals surface area contributed by atoms with Crippen LogP contribution in [0.2, 0.25) is 0 Å². The highest BCUT2D eigenvalue weighted by Crippen LogP contribution is 2.18. The summed E-state index contributed by atoms with van der Waals surface area (Å²) >= 11 is 0. The number of ether oxygens (including phenoxy) is 1. The van der Waals surface area contributed by atoms with Crippen LogP contribution in [-0.4, -0.2) is 32.6 Å². The molecule has 0 atom stereocenters. The summed E-state index contributed by atoms with van der Waals surface area (Å²) in [5, 5.41) is 29.0. The van der Waals surface area contributed by atoms with E-state index in [1.165, 1.54) is 12.1 Å². The molecular weight excluding hydrogens is 296 g/mol. The van der Waals surface area contributed by atoms with Gasteiger partial charge in [0.1, 0.15) is 0 Å². The molecule has 2 N–H and O–H groups in total. The molecule has 0 saturated heterocycles. The summed E-state index contributed by atoms with van der Waals surface area (Å²) in [7, 11) is 0. The molecule has 1 aromatic carbocycles.